The number of halogens is 2. The van der Waals surface area contributed by atoms with E-state index in [9.17, 15) is 9.59 Å². The topological polar surface area (TPSA) is 52.6 Å². The van der Waals surface area contributed by atoms with Crippen molar-refractivity contribution in [1.29, 1.82) is 0 Å². The standard InChI is InChI=1S/C26H24Cl2O4/c1-26(2,3)19-8-11-21(12-9-19)31-15-17-4-6-18(7-5-17)25(30)32-16-24(29)22-14-20(27)10-13-23(22)28/h4-14H,15-16H2,1-3H3. The molecule has 0 fully saturated rings. The number of benzene rings is 3. The quantitative estimate of drug-likeness (QED) is 0.278. The summed E-state index contributed by atoms with van der Waals surface area (Å²) in [6.45, 7) is 6.44. The van der Waals surface area contributed by atoms with E-state index < -0.39 is 18.4 Å². The Labute approximate surface area is 198 Å². The van der Waals surface area contributed by atoms with E-state index in [1.165, 1.54) is 17.7 Å². The van der Waals surface area contributed by atoms with Gasteiger partial charge >= 0.3 is 5.97 Å². The average Bonchev–Trinajstić information content (AvgIpc) is 2.77. The van der Waals surface area contributed by atoms with Gasteiger partial charge in [0, 0.05) is 10.6 Å². The lowest BCUT2D eigenvalue weighted by Crippen LogP contribution is -2.14. The first-order chi connectivity index (χ1) is 15.1. The summed E-state index contributed by atoms with van der Waals surface area (Å²) in [6, 6.07) is 19.4. The summed E-state index contributed by atoms with van der Waals surface area (Å²) in [5, 5.41) is 0.639. The minimum atomic E-state index is -0.596. The second-order valence-electron chi connectivity index (χ2n) is 8.38. The summed E-state index contributed by atoms with van der Waals surface area (Å²) in [5.41, 5.74) is 2.80. The normalized spacial score (nSPS) is 11.2. The molecule has 0 aliphatic heterocycles. The molecule has 0 unspecified atom stereocenters. The lowest BCUT2D eigenvalue weighted by molar-refractivity contribution is 0.0474. The minimum absolute atomic E-state index is 0.0913. The third-order valence-corrected chi connectivity index (χ3v) is 5.44. The molecule has 0 saturated carbocycles. The van der Waals surface area contributed by atoms with Crippen molar-refractivity contribution < 1.29 is 19.1 Å². The van der Waals surface area contributed by atoms with Crippen LogP contribution in [0.1, 0.15) is 52.6 Å². The third kappa shape index (κ3) is 6.35. The summed E-state index contributed by atoms with van der Waals surface area (Å²) >= 11 is 11.9. The molecule has 0 aliphatic carbocycles. The van der Waals surface area contributed by atoms with E-state index in [0.29, 0.717) is 17.2 Å². The summed E-state index contributed by atoms with van der Waals surface area (Å²) in [5.74, 6) is -0.241. The van der Waals surface area contributed by atoms with Crippen molar-refractivity contribution in [1.82, 2.24) is 0 Å². The Hall–Kier alpha value is -2.82. The van der Waals surface area contributed by atoms with Gasteiger partial charge in [0.05, 0.1) is 10.6 Å². The van der Waals surface area contributed by atoms with E-state index in [1.807, 2.05) is 12.1 Å². The van der Waals surface area contributed by atoms with Gasteiger partial charge in [-0.3, -0.25) is 4.79 Å². The molecule has 32 heavy (non-hydrogen) atoms. The van der Waals surface area contributed by atoms with Gasteiger partial charge in [0.25, 0.3) is 0 Å². The maximum atomic E-state index is 12.3. The van der Waals surface area contributed by atoms with Gasteiger partial charge in [-0.25, -0.2) is 4.79 Å². The predicted molar refractivity (Wildman–Crippen MR) is 127 cm³/mol. The first kappa shape index (κ1) is 23.8. The van der Waals surface area contributed by atoms with Crippen LogP contribution in [-0.2, 0) is 16.8 Å². The summed E-state index contributed by atoms with van der Waals surface area (Å²) in [4.78, 5) is 24.5. The number of carbonyl (C=O) groups is 2. The Morgan fingerprint density at radius 3 is 2.16 bits per heavy atom. The zero-order chi connectivity index (χ0) is 23.3. The number of rotatable bonds is 7. The first-order valence-electron chi connectivity index (χ1n) is 10.1. The van der Waals surface area contributed by atoms with Gasteiger partial charge in [0.15, 0.2) is 6.61 Å². The predicted octanol–water partition coefficient (Wildman–Crippen LogP) is 6.91. The molecule has 0 saturated heterocycles. The van der Waals surface area contributed by atoms with Crippen LogP contribution < -0.4 is 4.74 Å². The van der Waals surface area contributed by atoms with Crippen LogP contribution in [0.15, 0.2) is 66.7 Å². The minimum Gasteiger partial charge on any atom is -0.489 e. The molecule has 0 aromatic heterocycles. The maximum absolute atomic E-state index is 12.3. The number of ketones is 1. The van der Waals surface area contributed by atoms with E-state index in [1.54, 1.807) is 30.3 Å². The molecule has 0 atom stereocenters. The molecule has 166 valence electrons. The first-order valence-corrected chi connectivity index (χ1v) is 10.9. The Morgan fingerprint density at radius 1 is 0.875 bits per heavy atom. The molecule has 4 nitrogen and oxygen atoms in total. The van der Waals surface area contributed by atoms with Crippen molar-refractivity contribution in [2.45, 2.75) is 32.8 Å². The largest absolute Gasteiger partial charge is 0.489 e. The van der Waals surface area contributed by atoms with Crippen molar-refractivity contribution >= 4 is 35.0 Å². The Balaban J connectivity index is 1.53. The molecule has 3 aromatic carbocycles. The van der Waals surface area contributed by atoms with Gasteiger partial charge in [-0.15, -0.1) is 0 Å². The molecule has 3 aromatic rings. The molecule has 0 spiro atoms. The van der Waals surface area contributed by atoms with Gasteiger partial charge in [0.1, 0.15) is 12.4 Å². The molecule has 3 rings (SSSR count). The van der Waals surface area contributed by atoms with E-state index in [0.717, 1.165) is 11.3 Å². The molecule has 0 N–H and O–H groups in total. The van der Waals surface area contributed by atoms with Crippen LogP contribution >= 0.6 is 23.2 Å². The van der Waals surface area contributed by atoms with E-state index in [4.69, 9.17) is 32.7 Å². The van der Waals surface area contributed by atoms with Gasteiger partial charge in [-0.1, -0.05) is 68.2 Å². The van der Waals surface area contributed by atoms with Crippen LogP contribution in [0.3, 0.4) is 0 Å². The van der Waals surface area contributed by atoms with Crippen molar-refractivity contribution in [3.63, 3.8) is 0 Å². The highest BCUT2D eigenvalue weighted by Crippen LogP contribution is 2.25. The Morgan fingerprint density at radius 2 is 1.53 bits per heavy atom. The Kier molecular flexibility index (Phi) is 7.60. The molecule has 0 amide bonds. The number of esters is 1. The number of ether oxygens (including phenoxy) is 2. The lowest BCUT2D eigenvalue weighted by Gasteiger charge is -2.19. The summed E-state index contributed by atoms with van der Waals surface area (Å²) in [7, 11) is 0. The van der Waals surface area contributed by atoms with Crippen LogP contribution in [-0.4, -0.2) is 18.4 Å². The fourth-order valence-electron chi connectivity index (χ4n) is 2.96. The second kappa shape index (κ2) is 10.2. The molecule has 0 radical (unpaired) electrons. The van der Waals surface area contributed by atoms with Gasteiger partial charge < -0.3 is 9.47 Å². The van der Waals surface area contributed by atoms with E-state index >= 15 is 0 Å². The van der Waals surface area contributed by atoms with E-state index in [-0.39, 0.29) is 16.0 Å². The number of Topliss-reactive ketones (excluding diaryl/α,β-unsaturated/α-hetero) is 1. The second-order valence-corrected chi connectivity index (χ2v) is 9.23. The third-order valence-electron chi connectivity index (χ3n) is 4.88. The van der Waals surface area contributed by atoms with Crippen molar-refractivity contribution in [2.24, 2.45) is 0 Å². The SMILES string of the molecule is CC(C)(C)c1ccc(OCc2ccc(C(=O)OCC(=O)c3cc(Cl)ccc3Cl)cc2)cc1. The maximum Gasteiger partial charge on any atom is 0.338 e. The van der Waals surface area contributed by atoms with Crippen LogP contribution in [0, 0.1) is 0 Å². The number of hydrogen-bond donors (Lipinski definition) is 0. The highest BCUT2D eigenvalue weighted by Gasteiger charge is 2.15. The Bertz CT molecular complexity index is 1100. The molecule has 0 bridgehead atoms. The number of hydrogen-bond acceptors (Lipinski definition) is 4. The zero-order valence-electron chi connectivity index (χ0n) is 18.2. The van der Waals surface area contributed by atoms with Crippen LogP contribution in [0.4, 0.5) is 0 Å². The molecule has 6 heteroatoms. The van der Waals surface area contributed by atoms with Gasteiger partial charge in [0.2, 0.25) is 5.78 Å². The van der Waals surface area contributed by atoms with Gasteiger partial charge in [-0.2, -0.15) is 0 Å². The molecule has 0 heterocycles. The molecular formula is C26H24Cl2O4. The monoisotopic (exact) mass is 470 g/mol. The van der Waals surface area contributed by atoms with Gasteiger partial charge in [-0.05, 0) is 59.0 Å². The van der Waals surface area contributed by atoms with Crippen LogP contribution in [0.5, 0.6) is 5.75 Å². The highest BCUT2D eigenvalue weighted by atomic mass is 35.5. The fraction of sp³-hybridized carbons (Fsp3) is 0.231. The van der Waals surface area contributed by atoms with Crippen molar-refractivity contribution in [3.05, 3.63) is 99.0 Å². The average molecular weight is 471 g/mol. The fourth-order valence-corrected chi connectivity index (χ4v) is 3.35. The van der Waals surface area contributed by atoms with Crippen LogP contribution in [0.25, 0.3) is 0 Å². The molecule has 0 aliphatic rings. The van der Waals surface area contributed by atoms with E-state index in [2.05, 4.69) is 32.9 Å². The summed E-state index contributed by atoms with van der Waals surface area (Å²) in [6.07, 6.45) is 0. The van der Waals surface area contributed by atoms with Crippen LogP contribution in [0.2, 0.25) is 10.0 Å². The van der Waals surface area contributed by atoms with Crippen molar-refractivity contribution in [3.8, 4) is 5.75 Å². The zero-order valence-corrected chi connectivity index (χ0v) is 19.7. The lowest BCUT2D eigenvalue weighted by atomic mass is 9.87. The van der Waals surface area contributed by atoms with Crippen molar-refractivity contribution in [2.75, 3.05) is 6.61 Å². The smallest absolute Gasteiger partial charge is 0.338 e. The molecular weight excluding hydrogens is 447 g/mol. The number of carbonyl (C=O) groups excluding carboxylic acids is 2. The highest BCUT2D eigenvalue weighted by molar-refractivity contribution is 6.36. The summed E-state index contributed by atoms with van der Waals surface area (Å²) < 4.78 is 11.0.